The molecule has 0 saturated heterocycles. The molecule has 0 fully saturated rings. The second kappa shape index (κ2) is 12.8. The van der Waals surface area contributed by atoms with Crippen molar-refractivity contribution in [3.8, 4) is 0 Å². The van der Waals surface area contributed by atoms with Crippen LogP contribution in [-0.4, -0.2) is 51.0 Å². The van der Waals surface area contributed by atoms with Crippen LogP contribution in [0, 0.1) is 6.92 Å². The van der Waals surface area contributed by atoms with E-state index in [4.69, 9.17) is 34.8 Å². The number of nitrogens with one attached hydrogen (secondary N) is 1. The molecule has 0 unspecified atom stereocenters. The van der Waals surface area contributed by atoms with E-state index in [2.05, 4.69) is 5.32 Å². The Labute approximate surface area is 222 Å². The first-order valence-electron chi connectivity index (χ1n) is 11.1. The van der Waals surface area contributed by atoms with E-state index in [1.54, 1.807) is 43.3 Å². The number of hydrogen-bond donors (Lipinski definition) is 1. The van der Waals surface area contributed by atoms with Gasteiger partial charge < -0.3 is 10.2 Å². The van der Waals surface area contributed by atoms with Crippen LogP contribution in [0.2, 0.25) is 15.1 Å². The second-order valence-electron chi connectivity index (χ2n) is 8.17. The maximum absolute atomic E-state index is 13.3. The van der Waals surface area contributed by atoms with Crippen LogP contribution >= 0.6 is 34.8 Å². The lowest BCUT2D eigenvalue weighted by molar-refractivity contribution is -0.141. The van der Waals surface area contributed by atoms with Gasteiger partial charge in [0, 0.05) is 41.6 Å². The van der Waals surface area contributed by atoms with Crippen LogP contribution in [0.5, 0.6) is 0 Å². The van der Waals surface area contributed by atoms with Crippen molar-refractivity contribution in [3.63, 3.8) is 0 Å². The van der Waals surface area contributed by atoms with Crippen LogP contribution in [0.3, 0.4) is 0 Å². The Hall–Kier alpha value is -2.00. The van der Waals surface area contributed by atoms with Gasteiger partial charge in [0.05, 0.1) is 11.9 Å². The van der Waals surface area contributed by atoms with Gasteiger partial charge in [-0.3, -0.25) is 13.9 Å². The molecule has 11 heteroatoms. The van der Waals surface area contributed by atoms with E-state index >= 15 is 0 Å². The molecule has 2 aromatic rings. The SMILES string of the molecule is CC[C@@H](C(=O)NC)N(Cc1ccc(Cl)cc1Cl)C(=O)CCCN(c1cc(Cl)ccc1C)S(C)(=O)=O. The van der Waals surface area contributed by atoms with Gasteiger partial charge in [0.2, 0.25) is 21.8 Å². The van der Waals surface area contributed by atoms with Gasteiger partial charge in [-0.05, 0) is 55.2 Å². The lowest BCUT2D eigenvalue weighted by atomic mass is 10.1. The summed E-state index contributed by atoms with van der Waals surface area (Å²) in [5.41, 5.74) is 1.86. The zero-order valence-electron chi connectivity index (χ0n) is 20.1. The lowest BCUT2D eigenvalue weighted by Gasteiger charge is -2.31. The highest BCUT2D eigenvalue weighted by Crippen LogP contribution is 2.27. The molecule has 35 heavy (non-hydrogen) atoms. The van der Waals surface area contributed by atoms with Gasteiger partial charge in [-0.25, -0.2) is 8.42 Å². The maximum Gasteiger partial charge on any atom is 0.242 e. The van der Waals surface area contributed by atoms with E-state index in [0.29, 0.717) is 32.7 Å². The minimum atomic E-state index is -3.62. The number of carbonyl (C=O) groups excluding carboxylic acids is 2. The second-order valence-corrected chi connectivity index (χ2v) is 11.4. The third-order valence-corrected chi connectivity index (χ3v) is 7.58. The fraction of sp³-hybridized carbons (Fsp3) is 0.417. The van der Waals surface area contributed by atoms with Gasteiger partial charge in [-0.15, -0.1) is 0 Å². The van der Waals surface area contributed by atoms with Gasteiger partial charge in [-0.1, -0.05) is 53.9 Å². The van der Waals surface area contributed by atoms with Crippen LogP contribution in [-0.2, 0) is 26.2 Å². The van der Waals surface area contributed by atoms with Crippen molar-refractivity contribution in [2.45, 2.75) is 45.7 Å². The molecule has 7 nitrogen and oxygen atoms in total. The van der Waals surface area contributed by atoms with E-state index in [1.165, 1.54) is 16.3 Å². The van der Waals surface area contributed by atoms with Crippen molar-refractivity contribution in [3.05, 3.63) is 62.6 Å². The highest BCUT2D eigenvalue weighted by Gasteiger charge is 2.29. The van der Waals surface area contributed by atoms with E-state index in [1.807, 2.05) is 6.92 Å². The molecule has 0 aromatic heterocycles. The monoisotopic (exact) mass is 561 g/mol. The molecule has 0 bridgehead atoms. The summed E-state index contributed by atoms with van der Waals surface area (Å²) in [6.45, 7) is 3.81. The third kappa shape index (κ3) is 8.00. The van der Waals surface area contributed by atoms with Crippen molar-refractivity contribution in [1.29, 1.82) is 0 Å². The molecule has 0 aliphatic heterocycles. The number of benzene rings is 2. The normalized spacial score (nSPS) is 12.2. The topological polar surface area (TPSA) is 86.8 Å². The minimum absolute atomic E-state index is 0.0321. The largest absolute Gasteiger partial charge is 0.357 e. The first kappa shape index (κ1) is 29.2. The van der Waals surface area contributed by atoms with E-state index < -0.39 is 16.1 Å². The Bertz CT molecular complexity index is 1170. The van der Waals surface area contributed by atoms with Crippen molar-refractivity contribution < 1.29 is 18.0 Å². The predicted octanol–water partition coefficient (Wildman–Crippen LogP) is 5.05. The highest BCUT2D eigenvalue weighted by molar-refractivity contribution is 7.92. The number of hydrogen-bond acceptors (Lipinski definition) is 4. The number of halogens is 3. The summed E-state index contributed by atoms with van der Waals surface area (Å²) < 4.78 is 26.3. The fourth-order valence-corrected chi connectivity index (χ4v) is 5.40. The first-order chi connectivity index (χ1) is 16.4. The zero-order chi connectivity index (χ0) is 26.3. The van der Waals surface area contributed by atoms with Crippen LogP contribution < -0.4 is 9.62 Å². The van der Waals surface area contributed by atoms with Gasteiger partial charge in [0.15, 0.2) is 0 Å². The number of amides is 2. The summed E-state index contributed by atoms with van der Waals surface area (Å²) in [7, 11) is -2.10. The summed E-state index contributed by atoms with van der Waals surface area (Å²) in [6.07, 6.45) is 1.79. The van der Waals surface area contributed by atoms with Crippen molar-refractivity contribution >= 4 is 62.3 Å². The van der Waals surface area contributed by atoms with E-state index in [0.717, 1.165) is 11.8 Å². The quantitative estimate of drug-likeness (QED) is 0.415. The van der Waals surface area contributed by atoms with Gasteiger partial charge >= 0.3 is 0 Å². The molecule has 0 radical (unpaired) electrons. The van der Waals surface area contributed by atoms with E-state index in [-0.39, 0.29) is 37.7 Å². The number of likely N-dealkylation sites (N-methyl/N-ethyl adjacent to an activating group) is 1. The number of anilines is 1. The number of carbonyl (C=O) groups is 2. The minimum Gasteiger partial charge on any atom is -0.357 e. The molecule has 0 aliphatic rings. The Morgan fingerprint density at radius 1 is 1.06 bits per heavy atom. The molecule has 2 aromatic carbocycles. The zero-order valence-corrected chi connectivity index (χ0v) is 23.2. The maximum atomic E-state index is 13.3. The Morgan fingerprint density at radius 3 is 2.26 bits per heavy atom. The molecule has 1 N–H and O–H groups in total. The predicted molar refractivity (Wildman–Crippen MR) is 143 cm³/mol. The van der Waals surface area contributed by atoms with Gasteiger partial charge in [-0.2, -0.15) is 0 Å². The molecule has 0 aliphatic carbocycles. The standard InChI is InChI=1S/C24H30Cl3N3O4S/c1-5-21(24(32)28-3)29(15-17-9-11-18(25)13-20(17)27)23(31)7-6-12-30(35(4,33)34)22-14-19(26)10-8-16(22)2/h8-11,13-14,21H,5-7,12,15H2,1-4H3,(H,28,32)/t21-/m0/s1. The summed E-state index contributed by atoms with van der Waals surface area (Å²) in [5, 5.41) is 3.87. The fourth-order valence-electron chi connectivity index (χ4n) is 3.75. The van der Waals surface area contributed by atoms with Crippen molar-refractivity contribution in [2.75, 3.05) is 24.2 Å². The van der Waals surface area contributed by atoms with Crippen LogP contribution in [0.15, 0.2) is 36.4 Å². The smallest absolute Gasteiger partial charge is 0.242 e. The molecule has 1 atom stereocenters. The number of aryl methyl sites for hydroxylation is 1. The Kier molecular flexibility index (Phi) is 10.7. The lowest BCUT2D eigenvalue weighted by Crippen LogP contribution is -2.48. The third-order valence-electron chi connectivity index (χ3n) is 5.58. The molecular weight excluding hydrogens is 533 g/mol. The van der Waals surface area contributed by atoms with Crippen LogP contribution in [0.1, 0.15) is 37.3 Å². The number of nitrogens with zero attached hydrogens (tertiary/aromatic N) is 2. The summed E-state index contributed by atoms with van der Waals surface area (Å²) in [5.74, 6) is -0.582. The average molecular weight is 563 g/mol. The summed E-state index contributed by atoms with van der Waals surface area (Å²) in [4.78, 5) is 27.3. The van der Waals surface area contributed by atoms with Crippen molar-refractivity contribution in [1.82, 2.24) is 10.2 Å². The van der Waals surface area contributed by atoms with E-state index in [9.17, 15) is 18.0 Å². The molecule has 0 spiro atoms. The highest BCUT2D eigenvalue weighted by atomic mass is 35.5. The van der Waals surface area contributed by atoms with Crippen molar-refractivity contribution in [2.24, 2.45) is 0 Å². The molecule has 192 valence electrons. The number of sulfonamides is 1. The molecule has 2 amide bonds. The molecular formula is C24H30Cl3N3O4S. The first-order valence-corrected chi connectivity index (χ1v) is 14.1. The molecule has 0 saturated carbocycles. The Balaban J connectivity index is 2.26. The van der Waals surface area contributed by atoms with Gasteiger partial charge in [0.1, 0.15) is 6.04 Å². The number of rotatable bonds is 11. The molecule has 0 heterocycles. The molecule has 2 rings (SSSR count). The van der Waals surface area contributed by atoms with Gasteiger partial charge in [0.25, 0.3) is 0 Å². The van der Waals surface area contributed by atoms with Crippen LogP contribution in [0.4, 0.5) is 5.69 Å². The van der Waals surface area contributed by atoms with Crippen LogP contribution in [0.25, 0.3) is 0 Å². The summed E-state index contributed by atoms with van der Waals surface area (Å²) in [6, 6.07) is 9.28. The Morgan fingerprint density at radius 2 is 1.69 bits per heavy atom. The average Bonchev–Trinajstić information content (AvgIpc) is 2.78. The summed E-state index contributed by atoms with van der Waals surface area (Å²) >= 11 is 18.4.